The molecule has 0 saturated heterocycles. The number of nitrogens with zero attached hydrogens (tertiary/aromatic N) is 1. The highest BCUT2D eigenvalue weighted by atomic mass is 16.5. The van der Waals surface area contributed by atoms with E-state index in [4.69, 9.17) is 4.74 Å². The molecule has 3 nitrogen and oxygen atoms in total. The molecule has 80 valence electrons. The molecule has 1 aromatic carbocycles. The van der Waals surface area contributed by atoms with E-state index >= 15 is 0 Å². The molecule has 0 saturated carbocycles. The van der Waals surface area contributed by atoms with Gasteiger partial charge in [-0.1, -0.05) is 0 Å². The SMILES string of the molecule is COc1ccc(NC2=NCCC2)c(C)c1. The fourth-order valence-corrected chi connectivity index (χ4v) is 1.70. The maximum Gasteiger partial charge on any atom is 0.119 e. The molecular weight excluding hydrogens is 188 g/mol. The van der Waals surface area contributed by atoms with Crippen LogP contribution in [0.3, 0.4) is 0 Å². The summed E-state index contributed by atoms with van der Waals surface area (Å²) in [6.07, 6.45) is 2.23. The van der Waals surface area contributed by atoms with Crippen LogP contribution in [0.2, 0.25) is 0 Å². The van der Waals surface area contributed by atoms with E-state index in [1.807, 2.05) is 18.2 Å². The van der Waals surface area contributed by atoms with Gasteiger partial charge in [-0.25, -0.2) is 0 Å². The van der Waals surface area contributed by atoms with Crippen molar-refractivity contribution < 1.29 is 4.74 Å². The number of benzene rings is 1. The third-order valence-corrected chi connectivity index (χ3v) is 2.59. The van der Waals surface area contributed by atoms with Crippen molar-refractivity contribution in [3.8, 4) is 5.75 Å². The first-order valence-electron chi connectivity index (χ1n) is 5.24. The van der Waals surface area contributed by atoms with E-state index in [9.17, 15) is 0 Å². The highest BCUT2D eigenvalue weighted by Crippen LogP contribution is 2.22. The van der Waals surface area contributed by atoms with E-state index in [2.05, 4.69) is 17.2 Å². The normalized spacial score (nSPS) is 14.9. The lowest BCUT2D eigenvalue weighted by molar-refractivity contribution is 0.414. The Morgan fingerprint density at radius 2 is 2.27 bits per heavy atom. The molecule has 0 radical (unpaired) electrons. The fourth-order valence-electron chi connectivity index (χ4n) is 1.70. The van der Waals surface area contributed by atoms with Crippen LogP contribution in [0.5, 0.6) is 5.75 Å². The highest BCUT2D eigenvalue weighted by Gasteiger charge is 2.07. The minimum atomic E-state index is 0.895. The van der Waals surface area contributed by atoms with E-state index in [0.717, 1.165) is 36.7 Å². The maximum absolute atomic E-state index is 5.16. The summed E-state index contributed by atoms with van der Waals surface area (Å²) < 4.78 is 5.16. The van der Waals surface area contributed by atoms with E-state index in [-0.39, 0.29) is 0 Å². The number of aryl methyl sites for hydroxylation is 1. The van der Waals surface area contributed by atoms with Gasteiger partial charge in [0.15, 0.2) is 0 Å². The highest BCUT2D eigenvalue weighted by molar-refractivity contribution is 5.97. The largest absolute Gasteiger partial charge is 0.497 e. The van der Waals surface area contributed by atoms with Gasteiger partial charge < -0.3 is 10.1 Å². The molecule has 0 aromatic heterocycles. The molecule has 0 aliphatic carbocycles. The smallest absolute Gasteiger partial charge is 0.119 e. The summed E-state index contributed by atoms with van der Waals surface area (Å²) in [5.74, 6) is 2.00. The van der Waals surface area contributed by atoms with Crippen molar-refractivity contribution in [3.05, 3.63) is 23.8 Å². The van der Waals surface area contributed by atoms with Crippen molar-refractivity contribution in [2.24, 2.45) is 4.99 Å². The van der Waals surface area contributed by atoms with Crippen LogP contribution >= 0.6 is 0 Å². The average molecular weight is 204 g/mol. The summed E-state index contributed by atoms with van der Waals surface area (Å²) in [7, 11) is 1.68. The van der Waals surface area contributed by atoms with Crippen LogP contribution < -0.4 is 10.1 Å². The molecule has 2 rings (SSSR count). The van der Waals surface area contributed by atoms with E-state index in [0.29, 0.717) is 0 Å². The van der Waals surface area contributed by atoms with E-state index in [1.165, 1.54) is 5.56 Å². The molecule has 0 unspecified atom stereocenters. The molecule has 0 bridgehead atoms. The Labute approximate surface area is 90.2 Å². The molecule has 0 spiro atoms. The van der Waals surface area contributed by atoms with Gasteiger partial charge in [0.05, 0.1) is 7.11 Å². The van der Waals surface area contributed by atoms with Gasteiger partial charge in [-0.3, -0.25) is 4.99 Å². The second-order valence-electron chi connectivity index (χ2n) is 3.74. The Bertz CT molecular complexity index is 385. The van der Waals surface area contributed by atoms with Crippen LogP contribution in [-0.4, -0.2) is 19.5 Å². The summed E-state index contributed by atoms with van der Waals surface area (Å²) in [6.45, 7) is 3.03. The van der Waals surface area contributed by atoms with Gasteiger partial charge in [-0.2, -0.15) is 0 Å². The fraction of sp³-hybridized carbons (Fsp3) is 0.417. The van der Waals surface area contributed by atoms with Gasteiger partial charge in [0.1, 0.15) is 11.6 Å². The molecule has 1 aliphatic rings. The predicted molar refractivity (Wildman–Crippen MR) is 62.9 cm³/mol. The van der Waals surface area contributed by atoms with Gasteiger partial charge in [-0.15, -0.1) is 0 Å². The van der Waals surface area contributed by atoms with Gasteiger partial charge in [0.25, 0.3) is 0 Å². The molecule has 15 heavy (non-hydrogen) atoms. The minimum absolute atomic E-state index is 0.895. The van der Waals surface area contributed by atoms with Crippen LogP contribution in [0.25, 0.3) is 0 Å². The molecule has 0 amide bonds. The van der Waals surface area contributed by atoms with Crippen molar-refractivity contribution in [3.63, 3.8) is 0 Å². The molecular formula is C12H16N2O. The monoisotopic (exact) mass is 204 g/mol. The number of hydrogen-bond acceptors (Lipinski definition) is 3. The van der Waals surface area contributed by atoms with Gasteiger partial charge in [0, 0.05) is 18.7 Å². The molecule has 1 N–H and O–H groups in total. The molecule has 1 aromatic rings. The third kappa shape index (κ3) is 2.29. The van der Waals surface area contributed by atoms with Crippen molar-refractivity contribution in [2.75, 3.05) is 19.0 Å². The second-order valence-corrected chi connectivity index (χ2v) is 3.74. The summed E-state index contributed by atoms with van der Waals surface area (Å²) in [4.78, 5) is 4.39. The van der Waals surface area contributed by atoms with Gasteiger partial charge >= 0.3 is 0 Å². The number of hydrogen-bond donors (Lipinski definition) is 1. The van der Waals surface area contributed by atoms with Crippen molar-refractivity contribution >= 4 is 11.5 Å². The zero-order valence-corrected chi connectivity index (χ0v) is 9.21. The maximum atomic E-state index is 5.16. The standard InChI is InChI=1S/C12H16N2O/c1-9-8-10(15-2)5-6-11(9)14-12-4-3-7-13-12/h5-6,8H,3-4,7H2,1-2H3,(H,13,14). The van der Waals surface area contributed by atoms with E-state index in [1.54, 1.807) is 7.11 Å². The molecule has 0 atom stereocenters. The number of aliphatic imine (C=N–C) groups is 1. The van der Waals surface area contributed by atoms with Gasteiger partial charge in [-0.05, 0) is 37.1 Å². The Kier molecular flexibility index (Phi) is 2.90. The lowest BCUT2D eigenvalue weighted by atomic mass is 10.2. The Hall–Kier alpha value is -1.51. The molecule has 3 heteroatoms. The Balaban J connectivity index is 2.14. The third-order valence-electron chi connectivity index (χ3n) is 2.59. The lowest BCUT2D eigenvalue weighted by Crippen LogP contribution is -2.09. The first-order valence-corrected chi connectivity index (χ1v) is 5.24. The topological polar surface area (TPSA) is 33.6 Å². The van der Waals surface area contributed by atoms with Crippen LogP contribution in [0, 0.1) is 6.92 Å². The van der Waals surface area contributed by atoms with E-state index < -0.39 is 0 Å². The van der Waals surface area contributed by atoms with Crippen molar-refractivity contribution in [1.29, 1.82) is 0 Å². The summed E-state index contributed by atoms with van der Waals surface area (Å²) in [6, 6.07) is 6.03. The predicted octanol–water partition coefficient (Wildman–Crippen LogP) is 2.61. The Morgan fingerprint density at radius 3 is 2.87 bits per heavy atom. The zero-order chi connectivity index (χ0) is 10.7. The molecule has 1 aliphatic heterocycles. The first kappa shape index (κ1) is 10.0. The quantitative estimate of drug-likeness (QED) is 0.803. The average Bonchev–Trinajstić information content (AvgIpc) is 2.74. The van der Waals surface area contributed by atoms with Crippen LogP contribution in [0.15, 0.2) is 23.2 Å². The van der Waals surface area contributed by atoms with Crippen LogP contribution in [0.4, 0.5) is 5.69 Å². The Morgan fingerprint density at radius 1 is 1.40 bits per heavy atom. The number of anilines is 1. The summed E-state index contributed by atoms with van der Waals surface area (Å²) in [5.41, 5.74) is 2.31. The zero-order valence-electron chi connectivity index (χ0n) is 9.21. The summed E-state index contributed by atoms with van der Waals surface area (Å²) in [5, 5.41) is 3.35. The van der Waals surface area contributed by atoms with Crippen LogP contribution in [0.1, 0.15) is 18.4 Å². The van der Waals surface area contributed by atoms with Crippen LogP contribution in [-0.2, 0) is 0 Å². The first-order chi connectivity index (χ1) is 7.29. The lowest BCUT2D eigenvalue weighted by Gasteiger charge is -2.10. The second kappa shape index (κ2) is 4.34. The van der Waals surface area contributed by atoms with Crippen molar-refractivity contribution in [2.45, 2.75) is 19.8 Å². The number of rotatable bonds is 2. The number of methoxy groups -OCH3 is 1. The number of ether oxygens (including phenoxy) is 1. The number of nitrogens with one attached hydrogen (secondary N) is 1. The van der Waals surface area contributed by atoms with Crippen molar-refractivity contribution in [1.82, 2.24) is 0 Å². The summed E-state index contributed by atoms with van der Waals surface area (Å²) >= 11 is 0. The molecule has 0 fully saturated rings. The van der Waals surface area contributed by atoms with Gasteiger partial charge in [0.2, 0.25) is 0 Å². The molecule has 1 heterocycles. The minimum Gasteiger partial charge on any atom is -0.497 e. The number of amidine groups is 1.